The summed E-state index contributed by atoms with van der Waals surface area (Å²) in [5, 5.41) is 7.80. The molecule has 3 rings (SSSR count). The summed E-state index contributed by atoms with van der Waals surface area (Å²) in [5.74, 6) is -2.35. The van der Waals surface area contributed by atoms with Gasteiger partial charge < -0.3 is 10.1 Å². The zero-order valence-electron chi connectivity index (χ0n) is 15.7. The second kappa shape index (κ2) is 8.91. The Morgan fingerprint density at radius 3 is 2.72 bits per heavy atom. The summed E-state index contributed by atoms with van der Waals surface area (Å²) in [7, 11) is 0. The molecule has 2 aromatic heterocycles. The number of carbonyl (C=O) groups is 1. The summed E-state index contributed by atoms with van der Waals surface area (Å²) in [6.45, 7) is 3.61. The highest BCUT2D eigenvalue weighted by Crippen LogP contribution is 2.27. The number of aromatic nitrogens is 3. The number of rotatable bonds is 7. The van der Waals surface area contributed by atoms with Crippen LogP contribution in [0.5, 0.6) is 5.75 Å². The number of aryl methyl sites for hydroxylation is 2. The molecule has 10 heteroatoms. The summed E-state index contributed by atoms with van der Waals surface area (Å²) < 4.78 is 32.6. The summed E-state index contributed by atoms with van der Waals surface area (Å²) in [6.07, 6.45) is 0. The van der Waals surface area contributed by atoms with Gasteiger partial charge in [0.15, 0.2) is 18.2 Å². The average molecular weight is 420 g/mol. The maximum absolute atomic E-state index is 13.5. The Balaban J connectivity index is 1.56. The molecule has 1 amide bonds. The summed E-state index contributed by atoms with van der Waals surface area (Å²) in [6, 6.07) is 5.87. The summed E-state index contributed by atoms with van der Waals surface area (Å²) >= 11 is 1.49. The van der Waals surface area contributed by atoms with Gasteiger partial charge in [-0.1, -0.05) is 0 Å². The van der Waals surface area contributed by atoms with Crippen LogP contribution >= 0.6 is 11.3 Å². The van der Waals surface area contributed by atoms with Gasteiger partial charge in [0.25, 0.3) is 11.5 Å². The fourth-order valence-corrected chi connectivity index (χ4v) is 3.47. The van der Waals surface area contributed by atoms with Crippen LogP contribution < -0.4 is 15.6 Å². The van der Waals surface area contributed by atoms with Crippen LogP contribution in [-0.2, 0) is 11.3 Å². The number of amides is 1. The molecular weight excluding hydrogens is 402 g/mol. The van der Waals surface area contributed by atoms with Gasteiger partial charge in [-0.05, 0) is 32.0 Å². The smallest absolute Gasteiger partial charge is 0.266 e. The summed E-state index contributed by atoms with van der Waals surface area (Å²) in [4.78, 5) is 29.1. The van der Waals surface area contributed by atoms with Crippen LogP contribution in [0.15, 0.2) is 35.1 Å². The van der Waals surface area contributed by atoms with E-state index in [4.69, 9.17) is 4.74 Å². The van der Waals surface area contributed by atoms with Gasteiger partial charge in [-0.15, -0.1) is 11.3 Å². The highest BCUT2D eigenvalue weighted by atomic mass is 32.1. The van der Waals surface area contributed by atoms with E-state index in [-0.39, 0.29) is 24.4 Å². The largest absolute Gasteiger partial charge is 0.481 e. The van der Waals surface area contributed by atoms with Crippen molar-refractivity contribution in [2.24, 2.45) is 0 Å². The van der Waals surface area contributed by atoms with E-state index in [0.29, 0.717) is 11.8 Å². The van der Waals surface area contributed by atoms with Gasteiger partial charge in [0.1, 0.15) is 11.5 Å². The second-order valence-electron chi connectivity index (χ2n) is 6.14. The van der Waals surface area contributed by atoms with E-state index in [0.717, 1.165) is 27.7 Å². The molecule has 0 bridgehead atoms. The van der Waals surface area contributed by atoms with E-state index in [9.17, 15) is 18.4 Å². The number of hydrogen-bond acceptors (Lipinski definition) is 6. The van der Waals surface area contributed by atoms with Gasteiger partial charge in [0, 0.05) is 18.7 Å². The molecule has 0 spiro atoms. The van der Waals surface area contributed by atoms with Gasteiger partial charge in [-0.25, -0.2) is 18.4 Å². The molecule has 0 radical (unpaired) electrons. The molecule has 0 saturated heterocycles. The van der Waals surface area contributed by atoms with Crippen LogP contribution in [0.25, 0.3) is 10.6 Å². The van der Waals surface area contributed by atoms with Crippen LogP contribution in [0.2, 0.25) is 0 Å². The minimum atomic E-state index is -0.890. The first-order valence-corrected chi connectivity index (χ1v) is 9.52. The minimum Gasteiger partial charge on any atom is -0.481 e. The van der Waals surface area contributed by atoms with Crippen molar-refractivity contribution in [2.45, 2.75) is 20.4 Å². The molecule has 0 atom stereocenters. The third kappa shape index (κ3) is 5.23. The molecule has 7 nitrogen and oxygen atoms in total. The van der Waals surface area contributed by atoms with Crippen molar-refractivity contribution in [3.63, 3.8) is 0 Å². The van der Waals surface area contributed by atoms with Crippen LogP contribution in [-0.4, -0.2) is 33.8 Å². The Morgan fingerprint density at radius 1 is 1.24 bits per heavy atom. The number of carbonyl (C=O) groups excluding carboxylic acids is 1. The molecule has 29 heavy (non-hydrogen) atoms. The molecular formula is C19H18F2N4O3S. The first kappa shape index (κ1) is 20.6. The SMILES string of the molecule is Cc1nc(C)c(-c2ccc(=O)n(CCNC(=O)COc3ccc(F)cc3F)n2)s1. The lowest BCUT2D eigenvalue weighted by Gasteiger charge is -2.09. The predicted molar refractivity (Wildman–Crippen MR) is 104 cm³/mol. The first-order valence-electron chi connectivity index (χ1n) is 8.70. The van der Waals surface area contributed by atoms with E-state index in [1.807, 2.05) is 13.8 Å². The maximum Gasteiger partial charge on any atom is 0.266 e. The van der Waals surface area contributed by atoms with Crippen molar-refractivity contribution in [3.8, 4) is 16.3 Å². The highest BCUT2D eigenvalue weighted by molar-refractivity contribution is 7.15. The van der Waals surface area contributed by atoms with E-state index >= 15 is 0 Å². The Bertz CT molecular complexity index is 1100. The highest BCUT2D eigenvalue weighted by Gasteiger charge is 2.11. The lowest BCUT2D eigenvalue weighted by molar-refractivity contribution is -0.123. The number of halogens is 2. The Hall–Kier alpha value is -3.14. The number of hydrogen-bond donors (Lipinski definition) is 1. The first-order chi connectivity index (χ1) is 13.8. The van der Waals surface area contributed by atoms with Crippen molar-refractivity contribution in [2.75, 3.05) is 13.2 Å². The predicted octanol–water partition coefficient (Wildman–Crippen LogP) is 2.46. The van der Waals surface area contributed by atoms with Gasteiger partial charge >= 0.3 is 0 Å². The van der Waals surface area contributed by atoms with Gasteiger partial charge in [-0.2, -0.15) is 5.10 Å². The number of thiazole rings is 1. The molecule has 152 valence electrons. The molecule has 0 aliphatic rings. The molecule has 3 aromatic rings. The number of nitrogens with one attached hydrogen (secondary N) is 1. The van der Waals surface area contributed by atoms with E-state index < -0.39 is 24.1 Å². The number of nitrogens with zero attached hydrogens (tertiary/aromatic N) is 3. The number of benzene rings is 1. The van der Waals surface area contributed by atoms with Crippen molar-refractivity contribution in [3.05, 3.63) is 63.0 Å². The normalized spacial score (nSPS) is 10.8. The third-order valence-electron chi connectivity index (χ3n) is 3.90. The molecule has 0 fully saturated rings. The fraction of sp³-hybridized carbons (Fsp3) is 0.263. The molecule has 1 N–H and O–H groups in total. The molecule has 0 aliphatic carbocycles. The Kier molecular flexibility index (Phi) is 6.32. The second-order valence-corrected chi connectivity index (χ2v) is 7.34. The zero-order chi connectivity index (χ0) is 21.0. The average Bonchev–Trinajstić information content (AvgIpc) is 3.00. The van der Waals surface area contributed by atoms with Gasteiger partial charge in [-0.3, -0.25) is 9.59 Å². The minimum absolute atomic E-state index is 0.130. The topological polar surface area (TPSA) is 86.1 Å². The lowest BCUT2D eigenvalue weighted by Crippen LogP contribution is -2.34. The molecule has 2 heterocycles. The molecule has 0 unspecified atom stereocenters. The molecule has 1 aromatic carbocycles. The lowest BCUT2D eigenvalue weighted by atomic mass is 10.3. The quantitative estimate of drug-likeness (QED) is 0.635. The van der Waals surface area contributed by atoms with Crippen LogP contribution in [0, 0.1) is 25.5 Å². The van der Waals surface area contributed by atoms with Gasteiger partial charge in [0.2, 0.25) is 0 Å². The van der Waals surface area contributed by atoms with E-state index in [1.165, 1.54) is 22.1 Å². The maximum atomic E-state index is 13.5. The van der Waals surface area contributed by atoms with Crippen molar-refractivity contribution >= 4 is 17.2 Å². The van der Waals surface area contributed by atoms with E-state index in [2.05, 4.69) is 15.4 Å². The van der Waals surface area contributed by atoms with Crippen LogP contribution in [0.4, 0.5) is 8.78 Å². The molecule has 0 saturated carbocycles. The van der Waals surface area contributed by atoms with Crippen LogP contribution in [0.3, 0.4) is 0 Å². The standard InChI is InChI=1S/C19H18F2N4O3S/c1-11-19(29-12(2)23-11)15-4-6-18(27)25(24-15)8-7-22-17(26)10-28-16-5-3-13(20)9-14(16)21/h3-6,9H,7-8,10H2,1-2H3,(H,22,26). The Morgan fingerprint density at radius 2 is 2.03 bits per heavy atom. The molecule has 0 aliphatic heterocycles. The van der Waals surface area contributed by atoms with Crippen molar-refractivity contribution < 1.29 is 18.3 Å². The van der Waals surface area contributed by atoms with E-state index in [1.54, 1.807) is 6.07 Å². The zero-order valence-corrected chi connectivity index (χ0v) is 16.6. The van der Waals surface area contributed by atoms with Gasteiger partial charge in [0.05, 0.1) is 22.1 Å². The fourth-order valence-electron chi connectivity index (χ4n) is 2.59. The Labute approximate surface area is 169 Å². The third-order valence-corrected chi connectivity index (χ3v) is 5.00. The van der Waals surface area contributed by atoms with Crippen molar-refractivity contribution in [1.82, 2.24) is 20.1 Å². The summed E-state index contributed by atoms with van der Waals surface area (Å²) in [5.41, 5.74) is 1.17. The number of ether oxygens (including phenoxy) is 1. The van der Waals surface area contributed by atoms with Crippen LogP contribution in [0.1, 0.15) is 10.7 Å². The monoisotopic (exact) mass is 420 g/mol. The van der Waals surface area contributed by atoms with Crippen molar-refractivity contribution in [1.29, 1.82) is 0 Å².